The number of thioether (sulfide) groups is 2. The Balaban J connectivity index is 2.47. The standard InChI is InChI=1S/C55H102N2O6S2/c1-5-9-13-17-19-27-36-50(34-25-15-11-7-3)54(60)62-44-31-23-21-29-40-56(43-47-65-49-48-64-46-33-42-57-52(58)38-39-53(57)59)41-30-22-24-32-45-63-55(61)51(35-26-16-12-8-4)37-28-20-18-14-10-6-2/h38-39,50-51H,5-37,40-49H2,1-4H3. The van der Waals surface area contributed by atoms with E-state index in [-0.39, 0.29) is 35.6 Å². The zero-order valence-electron chi connectivity index (χ0n) is 42.9. The number of hydrogen-bond donors (Lipinski definition) is 0. The molecule has 1 aliphatic heterocycles. The minimum Gasteiger partial charge on any atom is -0.465 e. The number of esters is 2. The number of ether oxygens (including phenoxy) is 2. The molecule has 2 atom stereocenters. The minimum absolute atomic E-state index is 0.0494. The maximum Gasteiger partial charge on any atom is 0.308 e. The Morgan fingerprint density at radius 3 is 1.23 bits per heavy atom. The van der Waals surface area contributed by atoms with Crippen molar-refractivity contribution in [2.24, 2.45) is 11.8 Å². The first-order chi connectivity index (χ1) is 31.9. The Kier molecular flexibility index (Phi) is 43.7. The summed E-state index contributed by atoms with van der Waals surface area (Å²) >= 11 is 3.93. The van der Waals surface area contributed by atoms with Gasteiger partial charge in [-0.25, -0.2) is 0 Å². The van der Waals surface area contributed by atoms with Gasteiger partial charge < -0.3 is 14.4 Å². The summed E-state index contributed by atoms with van der Waals surface area (Å²) in [7, 11) is 0. The third-order valence-corrected chi connectivity index (χ3v) is 15.3. The van der Waals surface area contributed by atoms with Crippen molar-refractivity contribution < 1.29 is 28.7 Å². The minimum atomic E-state index is -0.187. The molecule has 2 unspecified atom stereocenters. The summed E-state index contributed by atoms with van der Waals surface area (Å²) in [6, 6.07) is 0. The van der Waals surface area contributed by atoms with E-state index in [4.69, 9.17) is 9.47 Å². The van der Waals surface area contributed by atoms with Gasteiger partial charge in [-0.15, -0.1) is 0 Å². The highest BCUT2D eigenvalue weighted by molar-refractivity contribution is 8.02. The van der Waals surface area contributed by atoms with Crippen molar-refractivity contribution in [1.29, 1.82) is 0 Å². The molecule has 0 spiro atoms. The van der Waals surface area contributed by atoms with Gasteiger partial charge in [-0.1, -0.05) is 182 Å². The van der Waals surface area contributed by atoms with Crippen LogP contribution >= 0.6 is 23.5 Å². The largest absolute Gasteiger partial charge is 0.465 e. The molecule has 380 valence electrons. The molecule has 0 aromatic heterocycles. The molecule has 2 amide bonds. The molecule has 1 rings (SSSR count). The summed E-state index contributed by atoms with van der Waals surface area (Å²) in [5, 5.41) is 0. The van der Waals surface area contributed by atoms with Gasteiger partial charge in [-0.3, -0.25) is 24.1 Å². The lowest BCUT2D eigenvalue weighted by Gasteiger charge is -2.22. The highest BCUT2D eigenvalue weighted by Gasteiger charge is 2.23. The van der Waals surface area contributed by atoms with E-state index in [1.165, 1.54) is 133 Å². The summed E-state index contributed by atoms with van der Waals surface area (Å²) in [5.74, 6) is 4.14. The molecule has 0 aromatic rings. The van der Waals surface area contributed by atoms with Crippen LogP contribution in [0.1, 0.15) is 240 Å². The Morgan fingerprint density at radius 1 is 0.446 bits per heavy atom. The summed E-state index contributed by atoms with van der Waals surface area (Å²) in [6.07, 6.45) is 41.0. The molecule has 65 heavy (non-hydrogen) atoms. The molecule has 8 nitrogen and oxygen atoms in total. The highest BCUT2D eigenvalue weighted by atomic mass is 32.2. The molecule has 0 N–H and O–H groups in total. The molecule has 0 fully saturated rings. The third kappa shape index (κ3) is 36.2. The van der Waals surface area contributed by atoms with Crippen LogP contribution in [0.15, 0.2) is 12.2 Å². The van der Waals surface area contributed by atoms with Crippen LogP contribution in [0.4, 0.5) is 0 Å². The number of nitrogens with zero attached hydrogens (tertiary/aromatic N) is 2. The van der Waals surface area contributed by atoms with Crippen molar-refractivity contribution in [2.45, 2.75) is 240 Å². The lowest BCUT2D eigenvalue weighted by Crippen LogP contribution is -2.31. The first kappa shape index (κ1) is 61.5. The Bertz CT molecular complexity index is 1090. The topological polar surface area (TPSA) is 93.2 Å². The van der Waals surface area contributed by atoms with E-state index < -0.39 is 0 Å². The predicted molar refractivity (Wildman–Crippen MR) is 281 cm³/mol. The van der Waals surface area contributed by atoms with Crippen LogP contribution in [0, 0.1) is 11.8 Å². The lowest BCUT2D eigenvalue weighted by atomic mass is 9.94. The zero-order chi connectivity index (χ0) is 47.3. The number of carbonyl (C=O) groups excluding carboxylic acids is 4. The molecule has 0 aliphatic carbocycles. The summed E-state index contributed by atoms with van der Waals surface area (Å²) < 4.78 is 11.8. The Labute approximate surface area is 409 Å². The van der Waals surface area contributed by atoms with Crippen LogP contribution in [0.5, 0.6) is 0 Å². The molecular formula is C55H102N2O6S2. The second kappa shape index (κ2) is 46.2. The van der Waals surface area contributed by atoms with Crippen molar-refractivity contribution >= 4 is 47.3 Å². The smallest absolute Gasteiger partial charge is 0.308 e. The van der Waals surface area contributed by atoms with Crippen LogP contribution in [0.3, 0.4) is 0 Å². The molecule has 0 saturated carbocycles. The van der Waals surface area contributed by atoms with Gasteiger partial charge in [0.1, 0.15) is 0 Å². The normalized spacial score (nSPS) is 13.6. The summed E-state index contributed by atoms with van der Waals surface area (Å²) in [6.45, 7) is 13.9. The molecule has 1 aliphatic rings. The van der Waals surface area contributed by atoms with Gasteiger partial charge in [0.15, 0.2) is 0 Å². The van der Waals surface area contributed by atoms with E-state index in [9.17, 15) is 19.2 Å². The summed E-state index contributed by atoms with van der Waals surface area (Å²) in [4.78, 5) is 53.8. The van der Waals surface area contributed by atoms with Crippen LogP contribution < -0.4 is 0 Å². The second-order valence-electron chi connectivity index (χ2n) is 19.0. The average Bonchev–Trinajstić information content (AvgIpc) is 3.63. The fraction of sp³-hybridized carbons (Fsp3) is 0.891. The van der Waals surface area contributed by atoms with Gasteiger partial charge in [0.25, 0.3) is 11.8 Å². The molecular weight excluding hydrogens is 849 g/mol. The monoisotopic (exact) mass is 951 g/mol. The zero-order valence-corrected chi connectivity index (χ0v) is 44.5. The van der Waals surface area contributed by atoms with Crippen LogP contribution in [-0.2, 0) is 28.7 Å². The van der Waals surface area contributed by atoms with Gasteiger partial charge in [-0.05, 0) is 76.6 Å². The third-order valence-electron chi connectivity index (χ3n) is 13.0. The van der Waals surface area contributed by atoms with E-state index in [0.717, 1.165) is 139 Å². The number of amides is 2. The van der Waals surface area contributed by atoms with Crippen molar-refractivity contribution in [1.82, 2.24) is 9.80 Å². The SMILES string of the molecule is CCCCCCCCC(CCCCCC)C(=O)OCCCCCCN(CCCCCCOC(=O)C(CCCCCC)CCCCCCCC)CCSCCSCCCN1C(=O)C=CC1=O. The molecule has 0 aromatic carbocycles. The maximum absolute atomic E-state index is 13.1. The molecule has 0 saturated heterocycles. The van der Waals surface area contributed by atoms with Crippen molar-refractivity contribution in [3.63, 3.8) is 0 Å². The average molecular weight is 952 g/mol. The van der Waals surface area contributed by atoms with E-state index in [2.05, 4.69) is 32.6 Å². The second-order valence-corrected chi connectivity index (χ2v) is 21.4. The molecule has 0 radical (unpaired) electrons. The quantitative estimate of drug-likeness (QED) is 0.0336. The van der Waals surface area contributed by atoms with Gasteiger partial charge in [0.2, 0.25) is 0 Å². The van der Waals surface area contributed by atoms with Gasteiger partial charge in [0.05, 0.1) is 25.0 Å². The van der Waals surface area contributed by atoms with Crippen LogP contribution in [0.25, 0.3) is 0 Å². The highest BCUT2D eigenvalue weighted by Crippen LogP contribution is 2.23. The summed E-state index contributed by atoms with van der Waals surface area (Å²) in [5.41, 5.74) is 0. The van der Waals surface area contributed by atoms with E-state index in [1.54, 1.807) is 0 Å². The van der Waals surface area contributed by atoms with Gasteiger partial charge >= 0.3 is 11.9 Å². The number of hydrogen-bond acceptors (Lipinski definition) is 9. The van der Waals surface area contributed by atoms with Crippen molar-refractivity contribution in [2.75, 3.05) is 62.4 Å². The van der Waals surface area contributed by atoms with E-state index in [1.807, 2.05) is 23.5 Å². The number of unbranched alkanes of at least 4 members (excludes halogenated alkanes) is 22. The van der Waals surface area contributed by atoms with Crippen LogP contribution in [-0.4, -0.2) is 96.0 Å². The fourth-order valence-corrected chi connectivity index (χ4v) is 10.8. The molecule has 1 heterocycles. The lowest BCUT2D eigenvalue weighted by molar-refractivity contribution is -0.150. The fourth-order valence-electron chi connectivity index (χ4n) is 8.73. The van der Waals surface area contributed by atoms with Gasteiger partial charge in [-0.2, -0.15) is 23.5 Å². The Hall–Kier alpha value is -1.52. The molecule has 10 heteroatoms. The number of imide groups is 1. The Morgan fingerprint density at radius 2 is 0.800 bits per heavy atom. The van der Waals surface area contributed by atoms with Crippen molar-refractivity contribution in [3.8, 4) is 0 Å². The van der Waals surface area contributed by atoms with E-state index >= 15 is 0 Å². The number of carbonyl (C=O) groups is 4. The van der Waals surface area contributed by atoms with E-state index in [0.29, 0.717) is 19.8 Å². The predicted octanol–water partition coefficient (Wildman–Crippen LogP) is 15.0. The maximum atomic E-state index is 13.1. The molecule has 0 bridgehead atoms. The van der Waals surface area contributed by atoms with Gasteiger partial charge in [0, 0.05) is 42.5 Å². The number of rotatable bonds is 50. The van der Waals surface area contributed by atoms with Crippen LogP contribution in [0.2, 0.25) is 0 Å². The first-order valence-corrected chi connectivity index (χ1v) is 29.9. The first-order valence-electron chi connectivity index (χ1n) is 27.6. The van der Waals surface area contributed by atoms with Crippen molar-refractivity contribution in [3.05, 3.63) is 12.2 Å².